The van der Waals surface area contributed by atoms with Crippen LogP contribution < -0.4 is 16.0 Å². The fourth-order valence-electron chi connectivity index (χ4n) is 2.59. The largest absolute Gasteiger partial charge is 0.379 e. The lowest BCUT2D eigenvalue weighted by atomic mass is 10.1. The Kier molecular flexibility index (Phi) is 12.0. The maximum Gasteiger partial charge on any atom is 0.251 e. The highest BCUT2D eigenvalue weighted by atomic mass is 127. The Bertz CT molecular complexity index is 575. The van der Waals surface area contributed by atoms with Crippen molar-refractivity contribution in [3.8, 4) is 0 Å². The van der Waals surface area contributed by atoms with Gasteiger partial charge >= 0.3 is 0 Å². The van der Waals surface area contributed by atoms with Crippen molar-refractivity contribution in [3.05, 3.63) is 35.4 Å². The third-order valence-electron chi connectivity index (χ3n) is 4.06. The third-order valence-corrected chi connectivity index (χ3v) is 4.06. The van der Waals surface area contributed by atoms with E-state index in [1.54, 1.807) is 7.05 Å². The number of hydrogen-bond donors (Lipinski definition) is 3. The Morgan fingerprint density at radius 3 is 2.70 bits per heavy atom. The third kappa shape index (κ3) is 8.89. The molecule has 0 aromatic heterocycles. The molecule has 1 atom stereocenters. The molecule has 1 unspecified atom stereocenters. The van der Waals surface area contributed by atoms with E-state index < -0.39 is 0 Å². The first kappa shape index (κ1) is 23.6. The van der Waals surface area contributed by atoms with Crippen LogP contribution >= 0.6 is 24.0 Å². The molecule has 8 heteroatoms. The van der Waals surface area contributed by atoms with E-state index in [0.717, 1.165) is 57.3 Å². The number of nitrogens with one attached hydrogen (secondary N) is 3. The van der Waals surface area contributed by atoms with Gasteiger partial charge in [-0.05, 0) is 37.5 Å². The molecular formula is C19H31IN4O3. The summed E-state index contributed by atoms with van der Waals surface area (Å²) in [6.45, 7) is 6.45. The predicted octanol–water partition coefficient (Wildman–Crippen LogP) is 1.91. The summed E-state index contributed by atoms with van der Waals surface area (Å²) in [6, 6.07) is 7.48. The summed E-state index contributed by atoms with van der Waals surface area (Å²) < 4.78 is 11.0. The summed E-state index contributed by atoms with van der Waals surface area (Å²) in [5.74, 6) is 0.702. The topological polar surface area (TPSA) is 84.0 Å². The molecule has 1 aliphatic heterocycles. The quantitative estimate of drug-likeness (QED) is 0.213. The number of guanidine groups is 1. The van der Waals surface area contributed by atoms with Crippen molar-refractivity contribution in [1.29, 1.82) is 0 Å². The lowest BCUT2D eigenvalue weighted by Gasteiger charge is -2.13. The van der Waals surface area contributed by atoms with Crippen LogP contribution in [0.15, 0.2) is 29.3 Å². The van der Waals surface area contributed by atoms with Gasteiger partial charge in [0.05, 0.1) is 19.3 Å². The molecular weight excluding hydrogens is 459 g/mol. The van der Waals surface area contributed by atoms with E-state index in [0.29, 0.717) is 12.1 Å². The SMILES string of the molecule is CCNC(=NCc1ccc(C(=O)NC)cc1)NCCCOC1CCOC1.I. The van der Waals surface area contributed by atoms with Crippen molar-refractivity contribution in [2.75, 3.05) is 40.0 Å². The summed E-state index contributed by atoms with van der Waals surface area (Å²) in [7, 11) is 1.63. The highest BCUT2D eigenvalue weighted by molar-refractivity contribution is 14.0. The average Bonchev–Trinajstić information content (AvgIpc) is 3.19. The molecule has 0 saturated carbocycles. The molecule has 152 valence electrons. The molecule has 0 radical (unpaired) electrons. The zero-order chi connectivity index (χ0) is 18.6. The highest BCUT2D eigenvalue weighted by Crippen LogP contribution is 2.08. The van der Waals surface area contributed by atoms with Gasteiger partial charge < -0.3 is 25.4 Å². The number of nitrogens with zero attached hydrogens (tertiary/aromatic N) is 1. The zero-order valence-corrected chi connectivity index (χ0v) is 18.5. The van der Waals surface area contributed by atoms with Crippen LogP contribution in [0.2, 0.25) is 0 Å². The Hall–Kier alpha value is -1.39. The van der Waals surface area contributed by atoms with Crippen molar-refractivity contribution in [2.45, 2.75) is 32.4 Å². The lowest BCUT2D eigenvalue weighted by Crippen LogP contribution is -2.38. The maximum absolute atomic E-state index is 11.6. The minimum atomic E-state index is -0.0820. The van der Waals surface area contributed by atoms with Crippen molar-refractivity contribution in [2.24, 2.45) is 4.99 Å². The second kappa shape index (κ2) is 13.7. The first-order chi connectivity index (χ1) is 12.7. The molecule has 7 nitrogen and oxygen atoms in total. The molecule has 1 aromatic rings. The van der Waals surface area contributed by atoms with Gasteiger partial charge in [0, 0.05) is 38.9 Å². The Balaban J connectivity index is 0.00000364. The van der Waals surface area contributed by atoms with Gasteiger partial charge in [-0.3, -0.25) is 4.79 Å². The van der Waals surface area contributed by atoms with E-state index in [9.17, 15) is 4.79 Å². The first-order valence-electron chi connectivity index (χ1n) is 9.25. The Labute approximate surface area is 178 Å². The number of rotatable bonds is 9. The number of carbonyl (C=O) groups excluding carboxylic acids is 1. The second-order valence-corrected chi connectivity index (χ2v) is 6.11. The van der Waals surface area contributed by atoms with Crippen LogP contribution in [0.3, 0.4) is 0 Å². The molecule has 1 fully saturated rings. The van der Waals surface area contributed by atoms with E-state index >= 15 is 0 Å². The van der Waals surface area contributed by atoms with Gasteiger partial charge in [0.2, 0.25) is 0 Å². The molecule has 2 rings (SSSR count). The van der Waals surface area contributed by atoms with Crippen LogP contribution in [0.4, 0.5) is 0 Å². The number of amides is 1. The summed E-state index contributed by atoms with van der Waals surface area (Å²) >= 11 is 0. The van der Waals surface area contributed by atoms with E-state index in [4.69, 9.17) is 9.47 Å². The normalized spacial score (nSPS) is 16.5. The van der Waals surface area contributed by atoms with Crippen molar-refractivity contribution in [3.63, 3.8) is 0 Å². The predicted molar refractivity (Wildman–Crippen MR) is 118 cm³/mol. The average molecular weight is 490 g/mol. The van der Waals surface area contributed by atoms with Gasteiger partial charge in [-0.15, -0.1) is 24.0 Å². The van der Waals surface area contributed by atoms with Gasteiger partial charge in [0.15, 0.2) is 5.96 Å². The molecule has 1 aliphatic rings. The van der Waals surface area contributed by atoms with Crippen molar-refractivity contribution >= 4 is 35.8 Å². The van der Waals surface area contributed by atoms with Gasteiger partial charge in [-0.1, -0.05) is 12.1 Å². The molecule has 1 aromatic carbocycles. The van der Waals surface area contributed by atoms with Crippen LogP contribution in [0.1, 0.15) is 35.7 Å². The minimum absolute atomic E-state index is 0. The maximum atomic E-state index is 11.6. The van der Waals surface area contributed by atoms with Crippen LogP contribution in [0, 0.1) is 0 Å². The van der Waals surface area contributed by atoms with E-state index in [-0.39, 0.29) is 36.0 Å². The summed E-state index contributed by atoms with van der Waals surface area (Å²) in [4.78, 5) is 16.1. The van der Waals surface area contributed by atoms with Crippen LogP contribution in [0.25, 0.3) is 0 Å². The number of halogens is 1. The zero-order valence-electron chi connectivity index (χ0n) is 16.1. The molecule has 0 spiro atoms. The summed E-state index contributed by atoms with van der Waals surface area (Å²) in [5, 5.41) is 9.17. The smallest absolute Gasteiger partial charge is 0.251 e. The molecule has 1 heterocycles. The van der Waals surface area contributed by atoms with Crippen LogP contribution in [0.5, 0.6) is 0 Å². The molecule has 3 N–H and O–H groups in total. The number of ether oxygens (including phenoxy) is 2. The molecule has 0 bridgehead atoms. The first-order valence-corrected chi connectivity index (χ1v) is 9.25. The van der Waals surface area contributed by atoms with E-state index in [2.05, 4.69) is 20.9 Å². The van der Waals surface area contributed by atoms with Gasteiger partial charge in [-0.25, -0.2) is 4.99 Å². The monoisotopic (exact) mass is 490 g/mol. The van der Waals surface area contributed by atoms with Crippen LogP contribution in [-0.4, -0.2) is 57.9 Å². The highest BCUT2D eigenvalue weighted by Gasteiger charge is 2.15. The fourth-order valence-corrected chi connectivity index (χ4v) is 2.59. The number of carbonyl (C=O) groups is 1. The van der Waals surface area contributed by atoms with Crippen molar-refractivity contribution < 1.29 is 14.3 Å². The van der Waals surface area contributed by atoms with Crippen molar-refractivity contribution in [1.82, 2.24) is 16.0 Å². The fraction of sp³-hybridized carbons (Fsp3) is 0.579. The number of aliphatic imine (C=N–C) groups is 1. The standard InChI is InChI=1S/C19H30N4O3.HI/c1-3-21-19(22-10-4-11-26-17-9-12-25-14-17)23-13-15-5-7-16(8-6-15)18(24)20-2;/h5-8,17H,3-4,9-14H2,1-2H3,(H,20,24)(H2,21,22,23);1H. The molecule has 1 amide bonds. The van der Waals surface area contributed by atoms with Gasteiger partial charge in [0.25, 0.3) is 5.91 Å². The molecule has 27 heavy (non-hydrogen) atoms. The van der Waals surface area contributed by atoms with E-state index in [1.807, 2.05) is 31.2 Å². The number of benzene rings is 1. The second-order valence-electron chi connectivity index (χ2n) is 6.11. The molecule has 0 aliphatic carbocycles. The Morgan fingerprint density at radius 1 is 1.30 bits per heavy atom. The van der Waals surface area contributed by atoms with E-state index in [1.165, 1.54) is 0 Å². The Morgan fingerprint density at radius 2 is 2.07 bits per heavy atom. The minimum Gasteiger partial charge on any atom is -0.379 e. The number of hydrogen-bond acceptors (Lipinski definition) is 4. The van der Waals surface area contributed by atoms with Gasteiger partial charge in [0.1, 0.15) is 0 Å². The molecule has 1 saturated heterocycles. The van der Waals surface area contributed by atoms with Gasteiger partial charge in [-0.2, -0.15) is 0 Å². The van der Waals surface area contributed by atoms with Crippen LogP contribution in [-0.2, 0) is 16.0 Å². The lowest BCUT2D eigenvalue weighted by molar-refractivity contribution is 0.0420. The summed E-state index contributed by atoms with van der Waals surface area (Å²) in [6.07, 6.45) is 2.17. The summed E-state index contributed by atoms with van der Waals surface area (Å²) in [5.41, 5.74) is 1.71.